The quantitative estimate of drug-likeness (QED) is 0.233. The Kier molecular flexibility index (Phi) is 20.8. The predicted molar refractivity (Wildman–Crippen MR) is 158 cm³/mol. The first-order chi connectivity index (χ1) is 15.3. The minimum absolute atomic E-state index is 0.134. The molecule has 0 saturated heterocycles. The zero-order chi connectivity index (χ0) is 26.1. The van der Waals surface area contributed by atoms with Crippen LogP contribution in [0.5, 0.6) is 0 Å². The average Bonchev–Trinajstić information content (AvgIpc) is 2.69. The highest BCUT2D eigenvalue weighted by atomic mass is 80.0. The fraction of sp³-hybridized carbons (Fsp3) is 0.333. The lowest BCUT2D eigenvalue weighted by Gasteiger charge is -2.01. The maximum atomic E-state index is 11.5. The number of sulfone groups is 2. The van der Waals surface area contributed by atoms with E-state index in [0.717, 1.165) is 8.95 Å². The van der Waals surface area contributed by atoms with Gasteiger partial charge in [-0.2, -0.15) is 0 Å². The SMILES string of the molecule is BrP(Br)Br.O=S(=O)(CCBr)c1ccc(Br)cc1.O=S(=O)(CCO)c1ccc(Br)cc1.[2H]CC. The summed E-state index contributed by atoms with van der Waals surface area (Å²) < 4.78 is 53.5. The molecule has 0 aliphatic carbocycles. The Morgan fingerprint density at radius 3 is 1.34 bits per heavy atom. The van der Waals surface area contributed by atoms with E-state index >= 15 is 0 Å². The number of aliphatic hydroxyl groups excluding tert-OH is 1. The minimum Gasteiger partial charge on any atom is -0.395 e. The molecule has 0 unspecified atom stereocenters. The van der Waals surface area contributed by atoms with Crippen LogP contribution in [-0.2, 0) is 19.7 Å². The predicted octanol–water partition coefficient (Wildman–Crippen LogP) is 8.26. The summed E-state index contributed by atoms with van der Waals surface area (Å²) in [5.74, 6) is -0.0940. The van der Waals surface area contributed by atoms with Crippen LogP contribution in [0.3, 0.4) is 0 Å². The fourth-order valence-electron chi connectivity index (χ4n) is 1.74. The van der Waals surface area contributed by atoms with E-state index < -0.39 is 19.7 Å². The second kappa shape index (κ2) is 19.8. The van der Waals surface area contributed by atoms with E-state index in [-0.39, 0.29) is 27.0 Å². The van der Waals surface area contributed by atoms with Crippen molar-refractivity contribution in [3.05, 3.63) is 57.5 Å². The molecule has 184 valence electrons. The molecule has 14 heteroatoms. The molecular weight excluding hydrogens is 871 g/mol. The summed E-state index contributed by atoms with van der Waals surface area (Å²) in [6.45, 7) is 1.94. The highest BCUT2D eigenvalue weighted by Gasteiger charge is 2.13. The van der Waals surface area contributed by atoms with Crippen LogP contribution in [0.1, 0.15) is 15.2 Å². The molecule has 32 heavy (non-hydrogen) atoms. The van der Waals surface area contributed by atoms with Crippen LogP contribution in [0.4, 0.5) is 0 Å². The van der Waals surface area contributed by atoms with Gasteiger partial charge in [-0.3, -0.25) is 0 Å². The van der Waals surface area contributed by atoms with E-state index in [2.05, 4.69) is 94.3 Å². The molecule has 0 aromatic heterocycles. The minimum atomic E-state index is -3.30. The zero-order valence-electron chi connectivity index (χ0n) is 17.8. The van der Waals surface area contributed by atoms with Crippen LogP contribution in [0.2, 0.25) is 0 Å². The van der Waals surface area contributed by atoms with Gasteiger partial charge in [0, 0.05) is 15.6 Å². The van der Waals surface area contributed by atoms with Gasteiger partial charge in [-0.15, -0.1) is 0 Å². The molecular formula is C18H23Br6O5PS2. The Balaban J connectivity index is 0. The Labute approximate surface area is 243 Å². The number of hydrogen-bond donors (Lipinski definition) is 1. The van der Waals surface area contributed by atoms with E-state index in [1.165, 1.54) is 12.1 Å². The molecule has 0 amide bonds. The highest BCUT2D eigenvalue weighted by molar-refractivity contribution is 9.93. The Bertz CT molecular complexity index is 896. The molecule has 0 aliphatic heterocycles. The topological polar surface area (TPSA) is 88.5 Å². The van der Waals surface area contributed by atoms with Gasteiger partial charge in [0.15, 0.2) is 19.7 Å². The van der Waals surface area contributed by atoms with Gasteiger partial charge in [0.05, 0.1) is 27.9 Å². The first-order valence-electron chi connectivity index (χ1n) is 9.18. The van der Waals surface area contributed by atoms with E-state index in [0.29, 0.717) is 17.1 Å². The van der Waals surface area contributed by atoms with E-state index in [1.54, 1.807) is 43.3 Å². The zero-order valence-corrected chi connectivity index (χ0v) is 28.8. The molecule has 2 rings (SSSR count). The van der Waals surface area contributed by atoms with Crippen molar-refractivity contribution in [3.8, 4) is 0 Å². The van der Waals surface area contributed by atoms with E-state index in [9.17, 15) is 16.8 Å². The largest absolute Gasteiger partial charge is 0.395 e. The summed E-state index contributed by atoms with van der Waals surface area (Å²) in [6.07, 6.45) is 0. The number of hydrogen-bond acceptors (Lipinski definition) is 5. The maximum absolute atomic E-state index is 11.5. The molecule has 0 bridgehead atoms. The van der Waals surface area contributed by atoms with Crippen molar-refractivity contribution >= 4 is 118 Å². The van der Waals surface area contributed by atoms with Crippen LogP contribution < -0.4 is 0 Å². The normalized spacial score (nSPS) is 11.1. The van der Waals surface area contributed by atoms with Gasteiger partial charge in [0.2, 0.25) is 0 Å². The number of aliphatic hydroxyl groups is 1. The molecule has 1 N–H and O–H groups in total. The van der Waals surface area contributed by atoms with Gasteiger partial charge >= 0.3 is 0 Å². The van der Waals surface area contributed by atoms with Crippen molar-refractivity contribution in [2.75, 3.05) is 23.4 Å². The smallest absolute Gasteiger partial charge is 0.180 e. The van der Waals surface area contributed by atoms with Crippen LogP contribution in [0, 0.1) is 0 Å². The molecule has 2 aromatic rings. The third-order valence-corrected chi connectivity index (χ3v) is 8.47. The maximum Gasteiger partial charge on any atom is 0.180 e. The van der Waals surface area contributed by atoms with Crippen molar-refractivity contribution < 1.29 is 23.3 Å². The molecule has 0 saturated carbocycles. The molecule has 0 radical (unpaired) electrons. The van der Waals surface area contributed by atoms with Crippen LogP contribution in [0.15, 0.2) is 67.3 Å². The highest BCUT2D eigenvalue weighted by Crippen LogP contribution is 2.59. The van der Waals surface area contributed by atoms with Crippen molar-refractivity contribution in [1.82, 2.24) is 0 Å². The van der Waals surface area contributed by atoms with Crippen molar-refractivity contribution in [3.63, 3.8) is 0 Å². The van der Waals surface area contributed by atoms with Gasteiger partial charge in [-0.05, 0) is 95.0 Å². The third-order valence-electron chi connectivity index (χ3n) is 3.05. The Morgan fingerprint density at radius 1 is 0.812 bits per heavy atom. The summed E-state index contributed by atoms with van der Waals surface area (Å²) in [5, 5.41) is 8.99. The number of benzene rings is 2. The number of rotatable bonds is 6. The Hall–Kier alpha value is 1.61. The fourth-order valence-corrected chi connectivity index (χ4v) is 5.57. The summed E-state index contributed by atoms with van der Waals surface area (Å²) in [7, 11) is -6.39. The summed E-state index contributed by atoms with van der Waals surface area (Å²) in [4.78, 5) is 0.611. The first-order valence-corrected chi connectivity index (χ1v) is 21.9. The molecule has 0 atom stereocenters. The van der Waals surface area contributed by atoms with Gasteiger partial charge in [-0.25, -0.2) is 16.8 Å². The molecule has 5 nitrogen and oxygen atoms in total. The van der Waals surface area contributed by atoms with Crippen molar-refractivity contribution in [1.29, 1.82) is 0 Å². The average molecular weight is 895 g/mol. The van der Waals surface area contributed by atoms with Crippen LogP contribution in [-0.4, -0.2) is 45.4 Å². The van der Waals surface area contributed by atoms with E-state index in [4.69, 9.17) is 6.48 Å². The van der Waals surface area contributed by atoms with E-state index in [1.807, 2.05) is 0 Å². The Morgan fingerprint density at radius 2 is 1.09 bits per heavy atom. The van der Waals surface area contributed by atoms with Gasteiger partial charge in [0.1, 0.15) is 4.03 Å². The lowest BCUT2D eigenvalue weighted by Crippen LogP contribution is -2.09. The molecule has 0 fully saturated rings. The number of halogens is 6. The molecule has 0 heterocycles. The first kappa shape index (κ1) is 33.6. The molecule has 0 aliphatic rings. The monoisotopic (exact) mass is 889 g/mol. The lowest BCUT2D eigenvalue weighted by molar-refractivity contribution is 0.319. The second-order valence-electron chi connectivity index (χ2n) is 5.15. The van der Waals surface area contributed by atoms with Gasteiger partial charge in [-0.1, -0.05) is 61.6 Å². The third kappa shape index (κ3) is 17.1. The molecule has 2 aromatic carbocycles. The summed E-state index contributed by atoms with van der Waals surface area (Å²) >= 11 is 19.1. The summed E-state index contributed by atoms with van der Waals surface area (Å²) in [6, 6.07) is 13.0. The molecule has 0 spiro atoms. The summed E-state index contributed by atoms with van der Waals surface area (Å²) in [5.41, 5.74) is 0. The van der Waals surface area contributed by atoms with Gasteiger partial charge in [0.25, 0.3) is 0 Å². The van der Waals surface area contributed by atoms with Crippen molar-refractivity contribution in [2.24, 2.45) is 0 Å². The second-order valence-corrected chi connectivity index (χ2v) is 27.3. The lowest BCUT2D eigenvalue weighted by atomic mass is 10.4. The standard InChI is InChI=1S/C8H8Br2O2S.C8H9BrO3S.C2H6.Br3P/c9-5-6-13(11,12)8-3-1-7(10)2-4-8;9-7-1-3-8(4-2-7)13(11,12)6-5-10;1-2;1-4(2)3/h1-4H,5-6H2;1-4,10H,5-6H2;1-2H3;/i;;1D;. The van der Waals surface area contributed by atoms with Crippen LogP contribution in [0.25, 0.3) is 0 Å². The van der Waals surface area contributed by atoms with Crippen LogP contribution >= 0.6 is 98.3 Å². The van der Waals surface area contributed by atoms with Gasteiger partial charge < -0.3 is 5.11 Å². The van der Waals surface area contributed by atoms with Crippen molar-refractivity contribution in [2.45, 2.75) is 23.6 Å². The number of alkyl halides is 1.